The Bertz CT molecular complexity index is 372. The molecule has 88 valence electrons. The van der Waals surface area contributed by atoms with Crippen LogP contribution in [0.2, 0.25) is 0 Å². The normalized spacial score (nSPS) is 25.4. The lowest BCUT2D eigenvalue weighted by Gasteiger charge is -2.25. The number of thiophene rings is 1. The van der Waals surface area contributed by atoms with Crippen molar-refractivity contribution >= 4 is 39.8 Å². The highest BCUT2D eigenvalue weighted by atomic mass is 127. The maximum absolute atomic E-state index is 11.8. The summed E-state index contributed by atoms with van der Waals surface area (Å²) < 4.78 is 1.13. The van der Waals surface area contributed by atoms with E-state index in [2.05, 4.69) is 27.9 Å². The van der Waals surface area contributed by atoms with Crippen LogP contribution in [0.3, 0.4) is 0 Å². The van der Waals surface area contributed by atoms with E-state index in [0.29, 0.717) is 0 Å². The van der Waals surface area contributed by atoms with E-state index in [1.165, 1.54) is 0 Å². The fourth-order valence-electron chi connectivity index (χ4n) is 1.92. The monoisotopic (exact) mass is 351 g/mol. The van der Waals surface area contributed by atoms with Crippen LogP contribution in [0.25, 0.3) is 0 Å². The number of carbonyl (C=O) groups excluding carboxylic acids is 1. The Morgan fingerprint density at radius 2 is 2.12 bits per heavy atom. The first-order chi connectivity index (χ1) is 7.65. The zero-order valence-electron chi connectivity index (χ0n) is 8.78. The van der Waals surface area contributed by atoms with Crippen LogP contribution in [0.4, 0.5) is 0 Å². The predicted molar refractivity (Wildman–Crippen MR) is 72.8 cm³/mol. The molecular formula is C11H14INO2S. The van der Waals surface area contributed by atoms with Crippen molar-refractivity contribution in [3.8, 4) is 0 Å². The maximum atomic E-state index is 11.8. The summed E-state index contributed by atoms with van der Waals surface area (Å²) in [5.74, 6) is 0.0144. The van der Waals surface area contributed by atoms with Gasteiger partial charge in [-0.05, 0) is 54.3 Å². The van der Waals surface area contributed by atoms with E-state index in [1.54, 1.807) is 11.3 Å². The lowest BCUT2D eigenvalue weighted by molar-refractivity contribution is 0.0868. The van der Waals surface area contributed by atoms with Crippen LogP contribution in [0.5, 0.6) is 0 Å². The van der Waals surface area contributed by atoms with Crippen LogP contribution >= 0.6 is 33.9 Å². The minimum absolute atomic E-state index is 0.0144. The van der Waals surface area contributed by atoms with Gasteiger partial charge in [0.05, 0.1) is 14.6 Å². The molecule has 1 heterocycles. The summed E-state index contributed by atoms with van der Waals surface area (Å²) in [6.45, 7) is 0. The van der Waals surface area contributed by atoms with Crippen molar-refractivity contribution < 1.29 is 9.90 Å². The number of hydrogen-bond donors (Lipinski definition) is 2. The molecule has 0 aromatic carbocycles. The molecule has 5 heteroatoms. The molecule has 0 spiro atoms. The second-order valence-electron chi connectivity index (χ2n) is 4.12. The second kappa shape index (κ2) is 5.46. The van der Waals surface area contributed by atoms with Crippen LogP contribution in [0, 0.1) is 2.88 Å². The van der Waals surface area contributed by atoms with E-state index in [4.69, 9.17) is 0 Å². The molecule has 0 aliphatic heterocycles. The van der Waals surface area contributed by atoms with Crippen molar-refractivity contribution in [1.82, 2.24) is 5.32 Å². The van der Waals surface area contributed by atoms with Gasteiger partial charge in [0.1, 0.15) is 0 Å². The van der Waals surface area contributed by atoms with Crippen LogP contribution in [-0.2, 0) is 0 Å². The van der Waals surface area contributed by atoms with Crippen LogP contribution < -0.4 is 5.32 Å². The largest absolute Gasteiger partial charge is 0.393 e. The smallest absolute Gasteiger partial charge is 0.252 e. The first-order valence-electron chi connectivity index (χ1n) is 5.38. The number of aliphatic hydroxyl groups is 1. The molecule has 16 heavy (non-hydrogen) atoms. The standard InChI is InChI=1S/C11H14INO2S/c12-10-5-7(6-16-10)11(15)13-8-1-3-9(14)4-2-8/h5-6,8-9,14H,1-4H2,(H,13,15). The molecule has 2 N–H and O–H groups in total. The van der Waals surface area contributed by atoms with Crippen LogP contribution in [0.1, 0.15) is 36.0 Å². The van der Waals surface area contributed by atoms with E-state index < -0.39 is 0 Å². The van der Waals surface area contributed by atoms with Crippen molar-refractivity contribution in [2.45, 2.75) is 37.8 Å². The molecule has 1 saturated carbocycles. The van der Waals surface area contributed by atoms with Crippen LogP contribution in [-0.4, -0.2) is 23.2 Å². The molecule has 1 amide bonds. The molecule has 0 saturated heterocycles. The summed E-state index contributed by atoms with van der Waals surface area (Å²) in [6, 6.07) is 2.13. The molecule has 0 atom stereocenters. The number of aliphatic hydroxyl groups excluding tert-OH is 1. The Balaban J connectivity index is 1.88. The van der Waals surface area contributed by atoms with Gasteiger partial charge in [0.25, 0.3) is 5.91 Å². The molecule has 0 bridgehead atoms. The first kappa shape index (κ1) is 12.3. The fraction of sp³-hybridized carbons (Fsp3) is 0.545. The van der Waals surface area contributed by atoms with Crippen molar-refractivity contribution in [2.24, 2.45) is 0 Å². The number of hydrogen-bond acceptors (Lipinski definition) is 3. The lowest BCUT2D eigenvalue weighted by atomic mass is 9.93. The molecule has 1 aromatic heterocycles. The zero-order valence-corrected chi connectivity index (χ0v) is 11.8. The van der Waals surface area contributed by atoms with Crippen molar-refractivity contribution in [3.05, 3.63) is 19.9 Å². The second-order valence-corrected chi connectivity index (χ2v) is 6.92. The van der Waals surface area contributed by atoms with Gasteiger partial charge < -0.3 is 10.4 Å². The topological polar surface area (TPSA) is 49.3 Å². The molecule has 1 aromatic rings. The zero-order chi connectivity index (χ0) is 11.5. The van der Waals surface area contributed by atoms with Crippen molar-refractivity contribution in [3.63, 3.8) is 0 Å². The van der Waals surface area contributed by atoms with Gasteiger partial charge in [0.2, 0.25) is 0 Å². The minimum atomic E-state index is -0.171. The fourth-order valence-corrected chi connectivity index (χ4v) is 3.24. The highest BCUT2D eigenvalue weighted by Gasteiger charge is 2.21. The molecular weight excluding hydrogens is 337 g/mol. The average molecular weight is 351 g/mol. The number of rotatable bonds is 2. The Morgan fingerprint density at radius 1 is 1.44 bits per heavy atom. The van der Waals surface area contributed by atoms with E-state index in [1.807, 2.05) is 11.4 Å². The van der Waals surface area contributed by atoms with Gasteiger partial charge >= 0.3 is 0 Å². The highest BCUT2D eigenvalue weighted by molar-refractivity contribution is 14.1. The predicted octanol–water partition coefficient (Wildman–Crippen LogP) is 2.39. The molecule has 1 fully saturated rings. The molecule has 1 aliphatic carbocycles. The molecule has 0 radical (unpaired) electrons. The summed E-state index contributed by atoms with van der Waals surface area (Å²) in [7, 11) is 0. The Morgan fingerprint density at radius 3 is 2.69 bits per heavy atom. The number of halogens is 1. The molecule has 1 aliphatic rings. The van der Waals surface area contributed by atoms with Gasteiger partial charge in [-0.3, -0.25) is 4.79 Å². The molecule has 2 rings (SSSR count). The van der Waals surface area contributed by atoms with E-state index >= 15 is 0 Å². The third-order valence-electron chi connectivity index (χ3n) is 2.86. The summed E-state index contributed by atoms with van der Waals surface area (Å²) in [6.07, 6.45) is 3.19. The van der Waals surface area contributed by atoms with Crippen LogP contribution in [0.15, 0.2) is 11.4 Å². The Labute approximate surface area is 112 Å². The number of nitrogens with one attached hydrogen (secondary N) is 1. The average Bonchev–Trinajstić information content (AvgIpc) is 2.68. The van der Waals surface area contributed by atoms with E-state index in [0.717, 1.165) is 34.1 Å². The Kier molecular flexibility index (Phi) is 4.21. The van der Waals surface area contributed by atoms with Gasteiger partial charge in [-0.15, -0.1) is 11.3 Å². The number of carbonyl (C=O) groups is 1. The summed E-state index contributed by atoms with van der Waals surface area (Å²) in [5.41, 5.74) is 0.750. The third-order valence-corrected chi connectivity index (χ3v) is 4.65. The third kappa shape index (κ3) is 3.18. The van der Waals surface area contributed by atoms with Gasteiger partial charge in [-0.1, -0.05) is 0 Å². The summed E-state index contributed by atoms with van der Waals surface area (Å²) in [4.78, 5) is 11.8. The van der Waals surface area contributed by atoms with Gasteiger partial charge in [-0.25, -0.2) is 0 Å². The minimum Gasteiger partial charge on any atom is -0.393 e. The lowest BCUT2D eigenvalue weighted by Crippen LogP contribution is -2.38. The van der Waals surface area contributed by atoms with Gasteiger partial charge in [-0.2, -0.15) is 0 Å². The van der Waals surface area contributed by atoms with Gasteiger partial charge in [0.15, 0.2) is 0 Å². The number of amides is 1. The van der Waals surface area contributed by atoms with E-state index in [-0.39, 0.29) is 18.1 Å². The highest BCUT2D eigenvalue weighted by Crippen LogP contribution is 2.20. The van der Waals surface area contributed by atoms with Crippen molar-refractivity contribution in [2.75, 3.05) is 0 Å². The van der Waals surface area contributed by atoms with E-state index in [9.17, 15) is 9.90 Å². The first-order valence-corrected chi connectivity index (χ1v) is 7.34. The SMILES string of the molecule is O=C(NC1CCC(O)CC1)c1csc(I)c1. The summed E-state index contributed by atoms with van der Waals surface area (Å²) >= 11 is 3.79. The molecule has 0 unspecified atom stereocenters. The Hall–Kier alpha value is -0.140. The quantitative estimate of drug-likeness (QED) is 0.804. The van der Waals surface area contributed by atoms with Crippen molar-refractivity contribution in [1.29, 1.82) is 0 Å². The summed E-state index contributed by atoms with van der Waals surface area (Å²) in [5, 5.41) is 14.3. The maximum Gasteiger partial charge on any atom is 0.252 e. The molecule has 3 nitrogen and oxygen atoms in total. The van der Waals surface area contributed by atoms with Gasteiger partial charge in [0, 0.05) is 11.4 Å².